The Kier molecular flexibility index (Phi) is 6.64. The van der Waals surface area contributed by atoms with Crippen LogP contribution in [0, 0.1) is 13.8 Å². The van der Waals surface area contributed by atoms with E-state index in [0.717, 1.165) is 28.3 Å². The third kappa shape index (κ3) is 4.94. The first-order chi connectivity index (χ1) is 14.5. The molecule has 0 atom stereocenters. The van der Waals surface area contributed by atoms with Crippen molar-refractivity contribution in [3.63, 3.8) is 0 Å². The fourth-order valence-electron chi connectivity index (χ4n) is 3.16. The molecule has 0 saturated heterocycles. The number of esters is 1. The van der Waals surface area contributed by atoms with Crippen LogP contribution in [-0.4, -0.2) is 36.3 Å². The number of hydrogen-bond donors (Lipinski definition) is 2. The zero-order valence-corrected chi connectivity index (χ0v) is 17.2. The lowest BCUT2D eigenvalue weighted by molar-refractivity contribution is -0.119. The zero-order chi connectivity index (χ0) is 21.5. The molecule has 0 fully saturated rings. The molecule has 0 aliphatic rings. The Morgan fingerprint density at radius 1 is 1.07 bits per heavy atom. The van der Waals surface area contributed by atoms with Crippen LogP contribution in [0.15, 0.2) is 65.8 Å². The second-order valence-corrected chi connectivity index (χ2v) is 6.72. The summed E-state index contributed by atoms with van der Waals surface area (Å²) in [4.78, 5) is 23.8. The van der Waals surface area contributed by atoms with E-state index in [1.165, 1.54) is 7.11 Å². The van der Waals surface area contributed by atoms with E-state index in [1.54, 1.807) is 18.3 Å². The summed E-state index contributed by atoms with van der Waals surface area (Å²) >= 11 is 0. The number of nitrogens with zero attached hydrogens (tertiary/aromatic N) is 2. The smallest absolute Gasteiger partial charge is 0.337 e. The predicted octanol–water partition coefficient (Wildman–Crippen LogP) is 3.44. The van der Waals surface area contributed by atoms with Gasteiger partial charge in [-0.3, -0.25) is 4.79 Å². The molecule has 1 aromatic heterocycles. The molecule has 0 radical (unpaired) electrons. The number of anilines is 1. The van der Waals surface area contributed by atoms with Crippen molar-refractivity contribution in [1.29, 1.82) is 0 Å². The fraction of sp³-hybridized carbons (Fsp3) is 0.174. The number of aryl methyl sites for hydroxylation is 1. The van der Waals surface area contributed by atoms with E-state index in [-0.39, 0.29) is 18.4 Å². The lowest BCUT2D eigenvalue weighted by atomic mass is 10.2. The summed E-state index contributed by atoms with van der Waals surface area (Å²) in [6.07, 6.45) is 1.61. The van der Waals surface area contributed by atoms with Crippen LogP contribution in [-0.2, 0) is 9.53 Å². The summed E-state index contributed by atoms with van der Waals surface area (Å²) in [6, 6.07) is 18.7. The van der Waals surface area contributed by atoms with Gasteiger partial charge in [0.05, 0.1) is 25.4 Å². The normalized spacial score (nSPS) is 10.8. The third-order valence-corrected chi connectivity index (χ3v) is 4.62. The summed E-state index contributed by atoms with van der Waals surface area (Å²) in [5.41, 5.74) is 7.52. The first-order valence-corrected chi connectivity index (χ1v) is 9.48. The quantitative estimate of drug-likeness (QED) is 0.359. The maximum absolute atomic E-state index is 12.0. The fourth-order valence-corrected chi connectivity index (χ4v) is 3.16. The van der Waals surface area contributed by atoms with Gasteiger partial charge in [-0.15, -0.1) is 0 Å². The minimum Gasteiger partial charge on any atom is -0.465 e. The first kappa shape index (κ1) is 20.9. The van der Waals surface area contributed by atoms with E-state index in [4.69, 9.17) is 4.74 Å². The van der Waals surface area contributed by atoms with E-state index in [0.29, 0.717) is 5.56 Å². The van der Waals surface area contributed by atoms with Gasteiger partial charge >= 0.3 is 5.97 Å². The highest BCUT2D eigenvalue weighted by Crippen LogP contribution is 2.21. The number of benzene rings is 2. The summed E-state index contributed by atoms with van der Waals surface area (Å²) in [7, 11) is 1.36. The summed E-state index contributed by atoms with van der Waals surface area (Å²) in [5, 5.41) is 7.10. The van der Waals surface area contributed by atoms with Crippen LogP contribution in [0.5, 0.6) is 0 Å². The number of ether oxygens (including phenoxy) is 1. The van der Waals surface area contributed by atoms with Gasteiger partial charge in [-0.2, -0.15) is 5.10 Å². The van der Waals surface area contributed by atoms with Crippen LogP contribution < -0.4 is 10.7 Å². The molecule has 154 valence electrons. The van der Waals surface area contributed by atoms with E-state index in [9.17, 15) is 9.59 Å². The van der Waals surface area contributed by atoms with Gasteiger partial charge in [-0.05, 0) is 50.2 Å². The number of amides is 1. The topological polar surface area (TPSA) is 84.7 Å². The van der Waals surface area contributed by atoms with Gasteiger partial charge in [0.1, 0.15) is 0 Å². The third-order valence-electron chi connectivity index (χ3n) is 4.62. The van der Waals surface area contributed by atoms with Crippen molar-refractivity contribution in [3.05, 3.63) is 83.2 Å². The van der Waals surface area contributed by atoms with Crippen LogP contribution >= 0.6 is 0 Å². The van der Waals surface area contributed by atoms with Crippen LogP contribution in [0.3, 0.4) is 0 Å². The number of carbonyl (C=O) groups is 2. The molecule has 7 heteroatoms. The molecule has 30 heavy (non-hydrogen) atoms. The average molecular weight is 404 g/mol. The van der Waals surface area contributed by atoms with E-state index in [2.05, 4.69) is 15.8 Å². The average Bonchev–Trinajstić information content (AvgIpc) is 3.05. The van der Waals surface area contributed by atoms with E-state index >= 15 is 0 Å². The maximum atomic E-state index is 12.0. The molecular formula is C23H24N4O3. The summed E-state index contributed by atoms with van der Waals surface area (Å²) < 4.78 is 6.82. The minimum absolute atomic E-state index is 0.126. The van der Waals surface area contributed by atoms with Gasteiger partial charge in [-0.1, -0.05) is 24.3 Å². The molecular weight excluding hydrogens is 380 g/mol. The molecule has 0 aliphatic carbocycles. The van der Waals surface area contributed by atoms with Gasteiger partial charge in [0, 0.05) is 28.3 Å². The van der Waals surface area contributed by atoms with E-state index < -0.39 is 0 Å². The molecule has 0 bridgehead atoms. The number of para-hydroxylation sites is 1. The zero-order valence-electron chi connectivity index (χ0n) is 17.2. The number of hydrogen-bond acceptors (Lipinski definition) is 5. The second kappa shape index (κ2) is 9.56. The van der Waals surface area contributed by atoms with Crippen LogP contribution in [0.4, 0.5) is 5.69 Å². The lowest BCUT2D eigenvalue weighted by Crippen LogP contribution is -2.25. The number of carbonyl (C=O) groups excluding carboxylic acids is 2. The van der Waals surface area contributed by atoms with Crippen molar-refractivity contribution in [2.24, 2.45) is 5.10 Å². The van der Waals surface area contributed by atoms with Crippen molar-refractivity contribution in [2.45, 2.75) is 13.8 Å². The number of rotatable bonds is 7. The Labute approximate surface area is 175 Å². The summed E-state index contributed by atoms with van der Waals surface area (Å²) in [6.45, 7) is 4.05. The van der Waals surface area contributed by atoms with Gasteiger partial charge in [0.25, 0.3) is 5.91 Å². The molecule has 0 spiro atoms. The van der Waals surface area contributed by atoms with Crippen molar-refractivity contribution in [1.82, 2.24) is 9.99 Å². The van der Waals surface area contributed by atoms with E-state index in [1.807, 2.05) is 66.9 Å². The molecule has 0 aliphatic heterocycles. The molecule has 7 nitrogen and oxygen atoms in total. The second-order valence-electron chi connectivity index (χ2n) is 6.72. The minimum atomic E-state index is -0.382. The lowest BCUT2D eigenvalue weighted by Gasteiger charge is -2.11. The monoisotopic (exact) mass is 404 g/mol. The maximum Gasteiger partial charge on any atom is 0.337 e. The van der Waals surface area contributed by atoms with Crippen molar-refractivity contribution >= 4 is 23.8 Å². The highest BCUT2D eigenvalue weighted by molar-refractivity contribution is 5.90. The van der Waals surface area contributed by atoms with Crippen LogP contribution in [0.2, 0.25) is 0 Å². The molecule has 0 unspecified atom stereocenters. The summed E-state index contributed by atoms with van der Waals surface area (Å²) in [5.74, 6) is -0.623. The molecule has 3 aromatic rings. The van der Waals surface area contributed by atoms with Gasteiger partial charge < -0.3 is 14.6 Å². The SMILES string of the molecule is COC(=O)c1cccc(-n2c(C)cc(/C=N\NC(=O)CNc3ccccc3)c2C)c1. The number of methoxy groups -OCH3 is 1. The largest absolute Gasteiger partial charge is 0.465 e. The molecule has 1 amide bonds. The van der Waals surface area contributed by atoms with Crippen molar-refractivity contribution in [3.8, 4) is 5.69 Å². The Morgan fingerprint density at radius 2 is 1.83 bits per heavy atom. The molecule has 1 heterocycles. The standard InChI is InChI=1S/C23H24N4O3/c1-16-12-19(14-25-26-22(28)15-24-20-9-5-4-6-10-20)17(2)27(16)21-11-7-8-18(13-21)23(29)30-3/h4-14,24H,15H2,1-3H3,(H,26,28)/b25-14-. The van der Waals surface area contributed by atoms with Gasteiger partial charge in [-0.25, -0.2) is 10.2 Å². The number of aromatic nitrogens is 1. The molecule has 2 N–H and O–H groups in total. The number of hydrazone groups is 1. The molecule has 2 aromatic carbocycles. The van der Waals surface area contributed by atoms with Crippen LogP contribution in [0.1, 0.15) is 27.3 Å². The van der Waals surface area contributed by atoms with Crippen LogP contribution in [0.25, 0.3) is 5.69 Å². The number of nitrogens with one attached hydrogen (secondary N) is 2. The highest BCUT2D eigenvalue weighted by Gasteiger charge is 2.12. The molecule has 0 saturated carbocycles. The van der Waals surface area contributed by atoms with Crippen molar-refractivity contribution in [2.75, 3.05) is 19.0 Å². The Balaban J connectivity index is 1.68. The first-order valence-electron chi connectivity index (χ1n) is 9.48. The van der Waals surface area contributed by atoms with Gasteiger partial charge in [0.15, 0.2) is 0 Å². The Morgan fingerprint density at radius 3 is 2.57 bits per heavy atom. The Bertz CT molecular complexity index is 1070. The predicted molar refractivity (Wildman–Crippen MR) is 117 cm³/mol. The Hall–Kier alpha value is -3.87. The van der Waals surface area contributed by atoms with Gasteiger partial charge in [0.2, 0.25) is 0 Å². The van der Waals surface area contributed by atoms with Crippen molar-refractivity contribution < 1.29 is 14.3 Å². The molecule has 3 rings (SSSR count). The highest BCUT2D eigenvalue weighted by atomic mass is 16.5.